The Balaban J connectivity index is 1.34. The zero-order valence-corrected chi connectivity index (χ0v) is 20.7. The average molecular weight is 491 g/mol. The predicted octanol–water partition coefficient (Wildman–Crippen LogP) is 4.09. The highest BCUT2D eigenvalue weighted by molar-refractivity contribution is 7.15. The van der Waals surface area contributed by atoms with Crippen molar-refractivity contribution in [1.29, 1.82) is 0 Å². The normalized spacial score (nSPS) is 14.3. The van der Waals surface area contributed by atoms with E-state index in [4.69, 9.17) is 14.5 Å². The minimum atomic E-state index is -0.00205. The Hall–Kier alpha value is -3.20. The van der Waals surface area contributed by atoms with Gasteiger partial charge in [-0.15, -0.1) is 11.3 Å². The highest BCUT2D eigenvalue weighted by atomic mass is 32.1. The number of benzene rings is 2. The fourth-order valence-corrected chi connectivity index (χ4v) is 5.31. The van der Waals surface area contributed by atoms with Gasteiger partial charge in [0.15, 0.2) is 4.96 Å². The fraction of sp³-hybridized carbons (Fsp3) is 0.333. The summed E-state index contributed by atoms with van der Waals surface area (Å²) in [7, 11) is 1.61. The van der Waals surface area contributed by atoms with Crippen molar-refractivity contribution in [1.82, 2.24) is 19.2 Å². The summed E-state index contributed by atoms with van der Waals surface area (Å²) in [5, 5.41) is 2.14. The van der Waals surface area contributed by atoms with E-state index >= 15 is 0 Å². The van der Waals surface area contributed by atoms with E-state index in [2.05, 4.69) is 33.0 Å². The number of nitrogens with zero attached hydrogens (tertiary/aromatic N) is 4. The van der Waals surface area contributed by atoms with Crippen molar-refractivity contribution in [2.45, 2.75) is 6.42 Å². The Morgan fingerprint density at radius 3 is 2.66 bits per heavy atom. The molecule has 5 rings (SSSR count). The molecule has 0 saturated carbocycles. The van der Waals surface area contributed by atoms with E-state index in [9.17, 15) is 4.79 Å². The summed E-state index contributed by atoms with van der Waals surface area (Å²) in [4.78, 5) is 23.7. The number of ether oxygens (including phenoxy) is 2. The number of carbonyl (C=O) groups is 1. The van der Waals surface area contributed by atoms with Crippen molar-refractivity contribution < 1.29 is 14.3 Å². The Labute approximate surface area is 209 Å². The number of morpholine rings is 1. The standard InChI is InChI=1S/C27H30N4O3S/c1-33-25-10-6-5-9-23(25)26(32)30(14-13-29-15-17-34-18-16-29)12-11-22-20-35-27-28-24(19-31(22)27)21-7-3-2-4-8-21/h2-10,19-20H,11-18H2,1H3. The van der Waals surface area contributed by atoms with E-state index in [1.807, 2.05) is 47.4 Å². The molecule has 1 amide bonds. The van der Waals surface area contributed by atoms with Crippen LogP contribution in [0.2, 0.25) is 0 Å². The number of thiazole rings is 1. The van der Waals surface area contributed by atoms with Crippen LogP contribution in [0.4, 0.5) is 0 Å². The summed E-state index contributed by atoms with van der Waals surface area (Å²) in [5.41, 5.74) is 3.83. The first-order chi connectivity index (χ1) is 17.2. The van der Waals surface area contributed by atoms with Crippen LogP contribution in [0.15, 0.2) is 66.2 Å². The molecule has 7 nitrogen and oxygen atoms in total. The third-order valence-electron chi connectivity index (χ3n) is 6.41. The molecular formula is C27H30N4O3S. The van der Waals surface area contributed by atoms with Gasteiger partial charge in [-0.05, 0) is 12.1 Å². The summed E-state index contributed by atoms with van der Waals surface area (Å²) in [6.45, 7) is 5.40. The molecule has 1 aliphatic heterocycles. The van der Waals surface area contributed by atoms with Crippen LogP contribution < -0.4 is 4.74 Å². The maximum absolute atomic E-state index is 13.6. The molecule has 1 saturated heterocycles. The molecule has 182 valence electrons. The van der Waals surface area contributed by atoms with Crippen LogP contribution in [0, 0.1) is 0 Å². The molecule has 0 spiro atoms. The average Bonchev–Trinajstić information content (AvgIpc) is 3.51. The van der Waals surface area contributed by atoms with Crippen LogP contribution in [0.1, 0.15) is 16.1 Å². The number of para-hydroxylation sites is 1. The van der Waals surface area contributed by atoms with Gasteiger partial charge in [-0.1, -0.05) is 42.5 Å². The number of rotatable bonds is 9. The molecule has 0 bridgehead atoms. The van der Waals surface area contributed by atoms with E-state index < -0.39 is 0 Å². The van der Waals surface area contributed by atoms with Gasteiger partial charge in [0, 0.05) is 62.0 Å². The monoisotopic (exact) mass is 490 g/mol. The largest absolute Gasteiger partial charge is 0.496 e. The van der Waals surface area contributed by atoms with Gasteiger partial charge in [-0.2, -0.15) is 0 Å². The van der Waals surface area contributed by atoms with E-state index in [1.165, 1.54) is 0 Å². The van der Waals surface area contributed by atoms with E-state index in [-0.39, 0.29) is 5.91 Å². The number of amides is 1. The summed E-state index contributed by atoms with van der Waals surface area (Å²) in [5.74, 6) is 0.603. The van der Waals surface area contributed by atoms with E-state index in [0.29, 0.717) is 24.4 Å². The first-order valence-electron chi connectivity index (χ1n) is 12.0. The molecule has 1 fully saturated rings. The van der Waals surface area contributed by atoms with Crippen molar-refractivity contribution in [3.05, 3.63) is 77.4 Å². The minimum Gasteiger partial charge on any atom is -0.496 e. The lowest BCUT2D eigenvalue weighted by molar-refractivity contribution is 0.0325. The third-order valence-corrected chi connectivity index (χ3v) is 7.29. The summed E-state index contributed by atoms with van der Waals surface area (Å²) in [6.07, 6.45) is 2.84. The lowest BCUT2D eigenvalue weighted by Gasteiger charge is -2.30. The maximum atomic E-state index is 13.6. The third kappa shape index (κ3) is 5.40. The minimum absolute atomic E-state index is 0.00205. The zero-order chi connectivity index (χ0) is 24.0. The van der Waals surface area contributed by atoms with Crippen molar-refractivity contribution in [3.63, 3.8) is 0 Å². The highest BCUT2D eigenvalue weighted by Crippen LogP contribution is 2.24. The molecule has 2 aromatic carbocycles. The van der Waals surface area contributed by atoms with Gasteiger partial charge >= 0.3 is 0 Å². The van der Waals surface area contributed by atoms with Crippen LogP contribution in [0.5, 0.6) is 5.75 Å². The number of carbonyl (C=O) groups excluding carboxylic acids is 1. The topological polar surface area (TPSA) is 59.3 Å². The van der Waals surface area contributed by atoms with Gasteiger partial charge in [0.2, 0.25) is 0 Å². The molecule has 8 heteroatoms. The van der Waals surface area contributed by atoms with E-state index in [1.54, 1.807) is 18.4 Å². The number of hydrogen-bond acceptors (Lipinski definition) is 6. The first kappa shape index (κ1) is 23.5. The summed E-state index contributed by atoms with van der Waals surface area (Å²) < 4.78 is 13.1. The molecule has 2 aromatic heterocycles. The quantitative estimate of drug-likeness (QED) is 0.354. The molecule has 0 atom stereocenters. The number of fused-ring (bicyclic) bond motifs is 1. The molecular weight excluding hydrogens is 460 g/mol. The Morgan fingerprint density at radius 1 is 1.09 bits per heavy atom. The van der Waals surface area contributed by atoms with Crippen LogP contribution in [0.25, 0.3) is 16.2 Å². The molecule has 0 N–H and O–H groups in total. The second kappa shape index (κ2) is 11.0. The second-order valence-corrected chi connectivity index (χ2v) is 9.40. The molecule has 3 heterocycles. The van der Waals surface area contributed by atoms with E-state index in [0.717, 1.165) is 61.2 Å². The van der Waals surface area contributed by atoms with Gasteiger partial charge in [0.1, 0.15) is 5.75 Å². The highest BCUT2D eigenvalue weighted by Gasteiger charge is 2.21. The van der Waals surface area contributed by atoms with Gasteiger partial charge in [-0.3, -0.25) is 14.1 Å². The number of hydrogen-bond donors (Lipinski definition) is 0. The van der Waals surface area contributed by atoms with Crippen LogP contribution >= 0.6 is 11.3 Å². The van der Waals surface area contributed by atoms with Gasteiger partial charge in [-0.25, -0.2) is 4.98 Å². The van der Waals surface area contributed by atoms with Crippen molar-refractivity contribution in [2.75, 3.05) is 53.0 Å². The summed E-state index contributed by atoms with van der Waals surface area (Å²) >= 11 is 1.63. The van der Waals surface area contributed by atoms with Crippen LogP contribution in [0.3, 0.4) is 0 Å². The lowest BCUT2D eigenvalue weighted by atomic mass is 10.1. The molecule has 0 aliphatic carbocycles. The van der Waals surface area contributed by atoms with Crippen molar-refractivity contribution >= 4 is 22.2 Å². The number of methoxy groups -OCH3 is 1. The molecule has 35 heavy (non-hydrogen) atoms. The van der Waals surface area contributed by atoms with Crippen molar-refractivity contribution in [2.24, 2.45) is 0 Å². The maximum Gasteiger partial charge on any atom is 0.257 e. The molecule has 4 aromatic rings. The fourth-order valence-electron chi connectivity index (χ4n) is 4.40. The Bertz CT molecular complexity index is 1260. The lowest BCUT2D eigenvalue weighted by Crippen LogP contribution is -2.43. The van der Waals surface area contributed by atoms with Crippen LogP contribution in [-0.4, -0.2) is 78.1 Å². The van der Waals surface area contributed by atoms with Gasteiger partial charge in [0.05, 0.1) is 31.6 Å². The SMILES string of the molecule is COc1ccccc1C(=O)N(CCc1csc2nc(-c3ccccc3)cn12)CCN1CCOCC1. The predicted molar refractivity (Wildman–Crippen MR) is 138 cm³/mol. The second-order valence-electron chi connectivity index (χ2n) is 8.57. The molecule has 0 radical (unpaired) electrons. The molecule has 0 unspecified atom stereocenters. The van der Waals surface area contributed by atoms with Crippen molar-refractivity contribution in [3.8, 4) is 17.0 Å². The number of aromatic nitrogens is 2. The smallest absolute Gasteiger partial charge is 0.257 e. The Kier molecular flexibility index (Phi) is 7.42. The molecule has 1 aliphatic rings. The van der Waals surface area contributed by atoms with Gasteiger partial charge in [0.25, 0.3) is 5.91 Å². The van der Waals surface area contributed by atoms with Crippen LogP contribution in [-0.2, 0) is 11.2 Å². The number of imidazole rings is 1. The zero-order valence-electron chi connectivity index (χ0n) is 19.9. The first-order valence-corrected chi connectivity index (χ1v) is 12.8. The van der Waals surface area contributed by atoms with Gasteiger partial charge < -0.3 is 14.4 Å². The summed E-state index contributed by atoms with van der Waals surface area (Å²) in [6, 6.07) is 17.7. The Morgan fingerprint density at radius 2 is 1.86 bits per heavy atom.